The van der Waals surface area contributed by atoms with Crippen LogP contribution in [-0.2, 0) is 23.0 Å². The molecule has 2 N–H and O–H groups in total. The van der Waals surface area contributed by atoms with Crippen LogP contribution in [-0.4, -0.2) is 41.4 Å². The first kappa shape index (κ1) is 16.1. The van der Waals surface area contributed by atoms with Gasteiger partial charge in [0.2, 0.25) is 10.0 Å². The van der Waals surface area contributed by atoms with Crippen molar-refractivity contribution in [3.63, 3.8) is 0 Å². The van der Waals surface area contributed by atoms with Crippen molar-refractivity contribution in [3.05, 3.63) is 28.5 Å². The highest BCUT2D eigenvalue weighted by atomic mass is 32.2. The Morgan fingerprint density at radius 3 is 2.95 bits per heavy atom. The first-order chi connectivity index (χ1) is 10.0. The van der Waals surface area contributed by atoms with Gasteiger partial charge >= 0.3 is 0 Å². The molecule has 0 fully saturated rings. The summed E-state index contributed by atoms with van der Waals surface area (Å²) in [5.41, 5.74) is 0.888. The molecule has 7 nitrogen and oxygen atoms in total. The zero-order valence-electron chi connectivity index (χ0n) is 11.7. The van der Waals surface area contributed by atoms with Crippen molar-refractivity contribution in [1.29, 1.82) is 0 Å². The minimum absolute atomic E-state index is 0.0489. The molecule has 0 saturated carbocycles. The number of hydrogen-bond acceptors (Lipinski definition) is 6. The number of aliphatic hydroxyl groups excluding tert-OH is 1. The Balaban J connectivity index is 1.90. The van der Waals surface area contributed by atoms with E-state index in [1.807, 2.05) is 12.3 Å². The fourth-order valence-corrected chi connectivity index (χ4v) is 3.39. The van der Waals surface area contributed by atoms with Gasteiger partial charge in [0.1, 0.15) is 4.90 Å². The maximum atomic E-state index is 12.1. The van der Waals surface area contributed by atoms with Gasteiger partial charge in [0, 0.05) is 37.7 Å². The van der Waals surface area contributed by atoms with E-state index in [1.165, 1.54) is 17.1 Å². The van der Waals surface area contributed by atoms with Crippen LogP contribution in [0.3, 0.4) is 0 Å². The number of aryl methyl sites for hydroxylation is 2. The number of hydrogen-bond donors (Lipinski definition) is 2. The molecule has 0 amide bonds. The summed E-state index contributed by atoms with van der Waals surface area (Å²) >= 11 is 1.55. The van der Waals surface area contributed by atoms with Crippen molar-refractivity contribution in [2.24, 2.45) is 0 Å². The highest BCUT2D eigenvalue weighted by molar-refractivity contribution is 7.89. The highest BCUT2D eigenvalue weighted by Crippen LogP contribution is 2.10. The summed E-state index contributed by atoms with van der Waals surface area (Å²) < 4.78 is 28.2. The summed E-state index contributed by atoms with van der Waals surface area (Å²) in [6.07, 6.45) is 3.87. The lowest BCUT2D eigenvalue weighted by Crippen LogP contribution is -2.25. The van der Waals surface area contributed by atoms with E-state index in [-0.39, 0.29) is 11.5 Å². The van der Waals surface area contributed by atoms with Crippen molar-refractivity contribution in [2.75, 3.05) is 13.2 Å². The Bertz CT molecular complexity index is 678. The Labute approximate surface area is 127 Å². The Morgan fingerprint density at radius 1 is 1.48 bits per heavy atom. The predicted octanol–water partition coefficient (Wildman–Crippen LogP) is 0.551. The third-order valence-corrected chi connectivity index (χ3v) is 5.04. The van der Waals surface area contributed by atoms with Gasteiger partial charge in [-0.2, -0.15) is 5.10 Å². The standard InChI is InChI=1S/C12H18N4O3S2/c1-10-15-11(9-20-10)3-4-14-21(18,19)12-7-13-16(8-12)5-2-6-17/h7-9,14,17H,2-6H2,1H3. The van der Waals surface area contributed by atoms with Crippen LogP contribution in [0.4, 0.5) is 0 Å². The second-order valence-electron chi connectivity index (χ2n) is 4.52. The van der Waals surface area contributed by atoms with Crippen LogP contribution in [0.15, 0.2) is 22.7 Å². The SMILES string of the molecule is Cc1nc(CCNS(=O)(=O)c2cnn(CCCO)c2)cs1. The van der Waals surface area contributed by atoms with Crippen molar-refractivity contribution in [3.8, 4) is 0 Å². The molecule has 0 radical (unpaired) electrons. The molecule has 0 saturated heterocycles. The predicted molar refractivity (Wildman–Crippen MR) is 79.7 cm³/mol. The van der Waals surface area contributed by atoms with Gasteiger partial charge in [0.05, 0.1) is 16.9 Å². The van der Waals surface area contributed by atoms with Gasteiger partial charge in [-0.25, -0.2) is 18.1 Å². The first-order valence-corrected chi connectivity index (χ1v) is 8.91. The van der Waals surface area contributed by atoms with E-state index < -0.39 is 10.0 Å². The quantitative estimate of drug-likeness (QED) is 0.737. The molecule has 2 heterocycles. The second-order valence-corrected chi connectivity index (χ2v) is 7.35. The van der Waals surface area contributed by atoms with Gasteiger partial charge < -0.3 is 5.11 Å². The molecule has 0 atom stereocenters. The topological polar surface area (TPSA) is 97.1 Å². The summed E-state index contributed by atoms with van der Waals surface area (Å²) in [5.74, 6) is 0. The number of rotatable bonds is 8. The number of thiazole rings is 1. The molecule has 21 heavy (non-hydrogen) atoms. The molecule has 0 aliphatic rings. The fourth-order valence-electron chi connectivity index (χ4n) is 1.76. The third-order valence-electron chi connectivity index (χ3n) is 2.80. The van der Waals surface area contributed by atoms with E-state index >= 15 is 0 Å². The molecule has 2 rings (SSSR count). The van der Waals surface area contributed by atoms with Crippen LogP contribution in [0.2, 0.25) is 0 Å². The zero-order valence-corrected chi connectivity index (χ0v) is 13.3. The maximum Gasteiger partial charge on any atom is 0.243 e. The van der Waals surface area contributed by atoms with E-state index in [9.17, 15) is 8.42 Å². The molecule has 0 aliphatic heterocycles. The van der Waals surface area contributed by atoms with E-state index in [0.717, 1.165) is 10.7 Å². The third kappa shape index (κ3) is 4.60. The van der Waals surface area contributed by atoms with Gasteiger partial charge in [-0.3, -0.25) is 4.68 Å². The number of aliphatic hydroxyl groups is 1. The summed E-state index contributed by atoms with van der Waals surface area (Å²) in [4.78, 5) is 4.42. The monoisotopic (exact) mass is 330 g/mol. The minimum atomic E-state index is -3.55. The molecular formula is C12H18N4O3S2. The molecule has 2 aromatic rings. The average Bonchev–Trinajstić information content (AvgIpc) is 3.06. The lowest BCUT2D eigenvalue weighted by atomic mass is 10.3. The van der Waals surface area contributed by atoms with Crippen LogP contribution < -0.4 is 4.72 Å². The summed E-state index contributed by atoms with van der Waals surface area (Å²) in [7, 11) is -3.55. The van der Waals surface area contributed by atoms with E-state index in [4.69, 9.17) is 5.11 Å². The Kier molecular flexibility index (Phi) is 5.45. The maximum absolute atomic E-state index is 12.1. The van der Waals surface area contributed by atoms with Gasteiger partial charge in [-0.15, -0.1) is 11.3 Å². The summed E-state index contributed by atoms with van der Waals surface area (Å²) in [6.45, 7) is 2.75. The largest absolute Gasteiger partial charge is 0.396 e. The number of nitrogens with one attached hydrogen (secondary N) is 1. The fraction of sp³-hybridized carbons (Fsp3) is 0.500. The summed E-state index contributed by atoms with van der Waals surface area (Å²) in [6, 6.07) is 0. The van der Waals surface area contributed by atoms with Crippen molar-refractivity contribution in [2.45, 2.75) is 31.2 Å². The van der Waals surface area contributed by atoms with E-state index in [1.54, 1.807) is 11.3 Å². The molecule has 116 valence electrons. The van der Waals surface area contributed by atoms with Crippen LogP contribution in [0, 0.1) is 6.92 Å². The summed E-state index contributed by atoms with van der Waals surface area (Å²) in [5, 5.41) is 15.6. The number of nitrogens with zero attached hydrogens (tertiary/aromatic N) is 3. The zero-order chi connectivity index (χ0) is 15.3. The molecule has 0 aliphatic carbocycles. The Hall–Kier alpha value is -1.29. The van der Waals surface area contributed by atoms with Crippen molar-refractivity contribution < 1.29 is 13.5 Å². The molecule has 9 heteroatoms. The second kappa shape index (κ2) is 7.12. The van der Waals surface area contributed by atoms with Crippen LogP contribution >= 0.6 is 11.3 Å². The molecule has 2 aromatic heterocycles. The minimum Gasteiger partial charge on any atom is -0.396 e. The van der Waals surface area contributed by atoms with Crippen molar-refractivity contribution >= 4 is 21.4 Å². The van der Waals surface area contributed by atoms with Gasteiger partial charge in [0.25, 0.3) is 0 Å². The number of aromatic nitrogens is 3. The van der Waals surface area contributed by atoms with Crippen LogP contribution in [0.5, 0.6) is 0 Å². The first-order valence-electron chi connectivity index (χ1n) is 6.55. The van der Waals surface area contributed by atoms with Crippen LogP contribution in [0.25, 0.3) is 0 Å². The average molecular weight is 330 g/mol. The number of sulfonamides is 1. The van der Waals surface area contributed by atoms with Crippen LogP contribution in [0.1, 0.15) is 17.1 Å². The van der Waals surface area contributed by atoms with Gasteiger partial charge in [-0.1, -0.05) is 0 Å². The molecule has 0 spiro atoms. The van der Waals surface area contributed by atoms with E-state index in [0.29, 0.717) is 25.9 Å². The normalized spacial score (nSPS) is 11.9. The Morgan fingerprint density at radius 2 is 2.29 bits per heavy atom. The molecule has 0 unspecified atom stereocenters. The van der Waals surface area contributed by atoms with Gasteiger partial charge in [-0.05, 0) is 13.3 Å². The molecule has 0 aromatic carbocycles. The van der Waals surface area contributed by atoms with Crippen molar-refractivity contribution in [1.82, 2.24) is 19.5 Å². The highest BCUT2D eigenvalue weighted by Gasteiger charge is 2.16. The lowest BCUT2D eigenvalue weighted by Gasteiger charge is -2.03. The lowest BCUT2D eigenvalue weighted by molar-refractivity contribution is 0.277. The smallest absolute Gasteiger partial charge is 0.243 e. The molecule has 0 bridgehead atoms. The van der Waals surface area contributed by atoms with E-state index in [2.05, 4.69) is 14.8 Å². The molecular weight excluding hydrogens is 312 g/mol. The van der Waals surface area contributed by atoms with Gasteiger partial charge in [0.15, 0.2) is 0 Å².